The summed E-state index contributed by atoms with van der Waals surface area (Å²) in [6.45, 7) is 6.05. The van der Waals surface area contributed by atoms with Crippen LogP contribution in [0.3, 0.4) is 0 Å². The van der Waals surface area contributed by atoms with Crippen molar-refractivity contribution in [2.24, 2.45) is 0 Å². The van der Waals surface area contributed by atoms with E-state index in [1.165, 1.54) is 30.4 Å². The number of amides is 1. The molecule has 2 heterocycles. The van der Waals surface area contributed by atoms with Gasteiger partial charge in [0.05, 0.1) is 20.8 Å². The molecule has 4 rings (SSSR count). The second-order valence-electron chi connectivity index (χ2n) is 7.94. The van der Waals surface area contributed by atoms with Crippen molar-refractivity contribution in [3.63, 3.8) is 0 Å². The summed E-state index contributed by atoms with van der Waals surface area (Å²) < 4.78 is 10.8. The highest BCUT2D eigenvalue weighted by Crippen LogP contribution is 2.33. The third-order valence-electron chi connectivity index (χ3n) is 6.41. The Morgan fingerprint density at radius 1 is 1.00 bits per heavy atom. The minimum absolute atomic E-state index is 0.271. The number of carbonyl (C=O) groups excluding carboxylic acids is 1. The zero-order valence-corrected chi connectivity index (χ0v) is 16.6. The van der Waals surface area contributed by atoms with Crippen LogP contribution < -0.4 is 9.47 Å². The van der Waals surface area contributed by atoms with E-state index >= 15 is 0 Å². The van der Waals surface area contributed by atoms with E-state index < -0.39 is 0 Å². The van der Waals surface area contributed by atoms with Crippen LogP contribution in [0.25, 0.3) is 0 Å². The molecular weight excluding hydrogens is 342 g/mol. The van der Waals surface area contributed by atoms with Crippen LogP contribution in [0.15, 0.2) is 12.1 Å². The molecule has 1 aromatic rings. The molecule has 1 saturated heterocycles. The van der Waals surface area contributed by atoms with Crippen LogP contribution in [-0.4, -0.2) is 80.1 Å². The van der Waals surface area contributed by atoms with Crippen LogP contribution in [0.4, 0.5) is 0 Å². The number of nitrogens with zero attached hydrogens (tertiary/aromatic N) is 3. The summed E-state index contributed by atoms with van der Waals surface area (Å²) in [4.78, 5) is 19.7. The molecule has 0 aromatic heterocycles. The molecule has 0 atom stereocenters. The Hall–Kier alpha value is -1.79. The Bertz CT molecular complexity index is 681. The lowest BCUT2D eigenvalue weighted by Gasteiger charge is -2.43. The zero-order chi connectivity index (χ0) is 18.8. The van der Waals surface area contributed by atoms with Crippen molar-refractivity contribution in [1.82, 2.24) is 14.7 Å². The van der Waals surface area contributed by atoms with E-state index in [0.717, 1.165) is 63.2 Å². The summed E-state index contributed by atoms with van der Waals surface area (Å²) in [5, 5.41) is 0. The first-order chi connectivity index (χ1) is 13.2. The van der Waals surface area contributed by atoms with Crippen molar-refractivity contribution in [1.29, 1.82) is 0 Å². The minimum Gasteiger partial charge on any atom is -0.493 e. The van der Waals surface area contributed by atoms with Gasteiger partial charge in [0, 0.05) is 45.3 Å². The van der Waals surface area contributed by atoms with Crippen molar-refractivity contribution in [3.8, 4) is 11.5 Å². The molecule has 0 spiro atoms. The van der Waals surface area contributed by atoms with E-state index in [4.69, 9.17) is 9.47 Å². The number of piperazine rings is 1. The van der Waals surface area contributed by atoms with Gasteiger partial charge in [0.15, 0.2) is 11.5 Å². The van der Waals surface area contributed by atoms with Gasteiger partial charge in [-0.05, 0) is 42.5 Å². The molecule has 1 aromatic carbocycles. The van der Waals surface area contributed by atoms with Crippen LogP contribution >= 0.6 is 0 Å². The van der Waals surface area contributed by atoms with Gasteiger partial charge < -0.3 is 14.4 Å². The number of rotatable bonds is 5. The van der Waals surface area contributed by atoms with Crippen molar-refractivity contribution < 1.29 is 14.3 Å². The molecule has 1 amide bonds. The molecule has 0 N–H and O–H groups in total. The maximum atomic E-state index is 12.8. The largest absolute Gasteiger partial charge is 0.493 e. The highest BCUT2D eigenvalue weighted by molar-refractivity contribution is 5.78. The van der Waals surface area contributed by atoms with E-state index in [1.54, 1.807) is 14.2 Å². The molecule has 2 fully saturated rings. The predicted octanol–water partition coefficient (Wildman–Crippen LogP) is 1.76. The Kier molecular flexibility index (Phi) is 5.55. The second kappa shape index (κ2) is 8.07. The summed E-state index contributed by atoms with van der Waals surface area (Å²) in [6, 6.07) is 4.92. The summed E-state index contributed by atoms with van der Waals surface area (Å²) in [7, 11) is 3.33. The highest BCUT2D eigenvalue weighted by Gasteiger charge is 2.30. The lowest BCUT2D eigenvalue weighted by atomic mass is 9.91. The molecule has 0 unspecified atom stereocenters. The third kappa shape index (κ3) is 3.92. The number of benzene rings is 1. The van der Waals surface area contributed by atoms with Crippen LogP contribution in [0.2, 0.25) is 0 Å². The molecule has 3 aliphatic rings. The summed E-state index contributed by atoms with van der Waals surface area (Å²) >= 11 is 0. The molecule has 1 aliphatic carbocycles. The van der Waals surface area contributed by atoms with Gasteiger partial charge in [-0.25, -0.2) is 0 Å². The highest BCUT2D eigenvalue weighted by atomic mass is 16.5. The molecule has 6 nitrogen and oxygen atoms in total. The average molecular weight is 373 g/mol. The number of ether oxygens (including phenoxy) is 2. The van der Waals surface area contributed by atoms with Crippen LogP contribution in [0.5, 0.6) is 11.5 Å². The standard InChI is InChI=1S/C21H31N3O3/c1-26-19-12-16-6-7-22(14-17(16)13-20(19)27-2)15-21(25)24-10-8-23(9-11-24)18-4-3-5-18/h12-13,18H,3-11,14-15H2,1-2H3. The smallest absolute Gasteiger partial charge is 0.236 e. The Balaban J connectivity index is 1.32. The van der Waals surface area contributed by atoms with Gasteiger partial charge >= 0.3 is 0 Å². The summed E-state index contributed by atoms with van der Waals surface area (Å²) in [5.74, 6) is 1.81. The van der Waals surface area contributed by atoms with Gasteiger partial charge in [0.1, 0.15) is 0 Å². The molecule has 0 radical (unpaired) electrons. The fourth-order valence-electron chi connectivity index (χ4n) is 4.46. The number of fused-ring (bicyclic) bond motifs is 1. The Labute approximate surface area is 162 Å². The molecule has 148 valence electrons. The molecule has 0 bridgehead atoms. The van der Waals surface area contributed by atoms with Crippen LogP contribution in [0.1, 0.15) is 30.4 Å². The predicted molar refractivity (Wildman–Crippen MR) is 104 cm³/mol. The first-order valence-corrected chi connectivity index (χ1v) is 10.2. The van der Waals surface area contributed by atoms with Gasteiger partial charge in [-0.15, -0.1) is 0 Å². The van der Waals surface area contributed by atoms with E-state index in [1.807, 2.05) is 0 Å². The first-order valence-electron chi connectivity index (χ1n) is 10.2. The number of hydrogen-bond donors (Lipinski definition) is 0. The lowest BCUT2D eigenvalue weighted by Crippen LogP contribution is -2.55. The first kappa shape index (κ1) is 18.6. The van der Waals surface area contributed by atoms with Gasteiger partial charge in [-0.2, -0.15) is 0 Å². The maximum absolute atomic E-state index is 12.8. The molecule has 27 heavy (non-hydrogen) atoms. The minimum atomic E-state index is 0.271. The normalized spacial score (nSPS) is 21.5. The topological polar surface area (TPSA) is 45.3 Å². The monoisotopic (exact) mass is 373 g/mol. The van der Waals surface area contributed by atoms with Gasteiger partial charge in [-0.1, -0.05) is 6.42 Å². The molecule has 1 saturated carbocycles. The van der Waals surface area contributed by atoms with Crippen LogP contribution in [-0.2, 0) is 17.8 Å². The van der Waals surface area contributed by atoms with Crippen molar-refractivity contribution in [2.75, 3.05) is 53.5 Å². The molecular formula is C21H31N3O3. The number of carbonyl (C=O) groups is 1. The lowest BCUT2D eigenvalue weighted by molar-refractivity contribution is -0.135. The average Bonchev–Trinajstić information content (AvgIpc) is 2.66. The van der Waals surface area contributed by atoms with E-state index in [0.29, 0.717) is 6.54 Å². The van der Waals surface area contributed by atoms with E-state index in [-0.39, 0.29) is 5.91 Å². The number of hydrogen-bond acceptors (Lipinski definition) is 5. The van der Waals surface area contributed by atoms with Crippen molar-refractivity contribution in [3.05, 3.63) is 23.3 Å². The van der Waals surface area contributed by atoms with Gasteiger partial charge in [-0.3, -0.25) is 14.6 Å². The van der Waals surface area contributed by atoms with Crippen molar-refractivity contribution >= 4 is 5.91 Å². The fourth-order valence-corrected chi connectivity index (χ4v) is 4.46. The molecule has 2 aliphatic heterocycles. The Morgan fingerprint density at radius 3 is 2.26 bits per heavy atom. The zero-order valence-electron chi connectivity index (χ0n) is 16.6. The van der Waals surface area contributed by atoms with Crippen LogP contribution in [0, 0.1) is 0 Å². The summed E-state index contributed by atoms with van der Waals surface area (Å²) in [5.41, 5.74) is 2.53. The van der Waals surface area contributed by atoms with Crippen molar-refractivity contribution in [2.45, 2.75) is 38.3 Å². The summed E-state index contributed by atoms with van der Waals surface area (Å²) in [6.07, 6.45) is 5.00. The second-order valence-corrected chi connectivity index (χ2v) is 7.94. The Morgan fingerprint density at radius 2 is 1.67 bits per heavy atom. The van der Waals surface area contributed by atoms with E-state index in [2.05, 4.69) is 26.8 Å². The maximum Gasteiger partial charge on any atom is 0.236 e. The SMILES string of the molecule is COc1cc2c(cc1OC)CN(CC(=O)N1CCN(C3CCC3)CC1)CC2. The third-order valence-corrected chi connectivity index (χ3v) is 6.41. The quantitative estimate of drug-likeness (QED) is 0.787. The van der Waals surface area contributed by atoms with E-state index in [9.17, 15) is 4.79 Å². The van der Waals surface area contributed by atoms with Gasteiger partial charge in [0.2, 0.25) is 5.91 Å². The number of methoxy groups -OCH3 is 2. The fraction of sp³-hybridized carbons (Fsp3) is 0.667. The molecule has 6 heteroatoms. The van der Waals surface area contributed by atoms with Gasteiger partial charge in [0.25, 0.3) is 0 Å².